The number of nitrogens with zero attached hydrogens (tertiary/aromatic N) is 2. The lowest BCUT2D eigenvalue weighted by Crippen LogP contribution is -2.14. The number of aryl methyl sites for hydroxylation is 1. The molecule has 0 unspecified atom stereocenters. The van der Waals surface area contributed by atoms with Crippen molar-refractivity contribution in [2.45, 2.75) is 24.1 Å². The van der Waals surface area contributed by atoms with Crippen molar-refractivity contribution >= 4 is 23.4 Å². The molecule has 1 aromatic carbocycles. The Bertz CT molecular complexity index is 835. The van der Waals surface area contributed by atoms with Crippen molar-refractivity contribution in [2.75, 3.05) is 5.32 Å². The molecule has 0 aliphatic rings. The molecule has 25 heavy (non-hydrogen) atoms. The molecule has 0 fully saturated rings. The van der Waals surface area contributed by atoms with Gasteiger partial charge in [0, 0.05) is 29.5 Å². The number of hydrogen-bond acceptors (Lipinski definition) is 4. The number of carbonyl (C=O) groups excluding carboxylic acids is 1. The number of hydrogen-bond donors (Lipinski definition) is 1. The number of pyridine rings is 2. The van der Waals surface area contributed by atoms with Gasteiger partial charge in [-0.2, -0.15) is 0 Å². The van der Waals surface area contributed by atoms with Crippen LogP contribution in [-0.4, -0.2) is 15.9 Å². The topological polar surface area (TPSA) is 54.9 Å². The van der Waals surface area contributed by atoms with Gasteiger partial charge in [-0.25, -0.2) is 4.98 Å². The van der Waals surface area contributed by atoms with E-state index in [1.54, 1.807) is 24.2 Å². The maximum Gasteiger partial charge on any atom is 0.228 e. The van der Waals surface area contributed by atoms with Gasteiger partial charge in [0.1, 0.15) is 0 Å². The van der Waals surface area contributed by atoms with Gasteiger partial charge in [-0.1, -0.05) is 24.3 Å². The second-order valence-electron chi connectivity index (χ2n) is 5.69. The summed E-state index contributed by atoms with van der Waals surface area (Å²) >= 11 is 1.67. The molecule has 0 saturated carbocycles. The minimum absolute atomic E-state index is 0.0415. The summed E-state index contributed by atoms with van der Waals surface area (Å²) < 4.78 is 0. The van der Waals surface area contributed by atoms with E-state index in [1.807, 2.05) is 55.5 Å². The number of aromatic nitrogens is 2. The van der Waals surface area contributed by atoms with Crippen LogP contribution in [-0.2, 0) is 17.0 Å². The van der Waals surface area contributed by atoms with Crippen molar-refractivity contribution in [3.8, 4) is 0 Å². The first-order valence-electron chi connectivity index (χ1n) is 8.03. The van der Waals surface area contributed by atoms with Crippen LogP contribution in [0.2, 0.25) is 0 Å². The van der Waals surface area contributed by atoms with E-state index in [4.69, 9.17) is 0 Å². The molecule has 1 N–H and O–H groups in total. The predicted molar refractivity (Wildman–Crippen MR) is 102 cm³/mol. The van der Waals surface area contributed by atoms with Crippen molar-refractivity contribution in [1.82, 2.24) is 9.97 Å². The molecular weight excluding hydrogens is 330 g/mol. The van der Waals surface area contributed by atoms with Crippen molar-refractivity contribution in [3.05, 3.63) is 83.8 Å². The van der Waals surface area contributed by atoms with E-state index < -0.39 is 0 Å². The van der Waals surface area contributed by atoms with E-state index in [0.717, 1.165) is 33.3 Å². The highest BCUT2D eigenvalue weighted by Crippen LogP contribution is 2.22. The molecule has 0 atom stereocenters. The largest absolute Gasteiger partial charge is 0.326 e. The maximum absolute atomic E-state index is 12.2. The second kappa shape index (κ2) is 8.44. The molecule has 0 aliphatic carbocycles. The molecule has 0 bridgehead atoms. The molecule has 2 heterocycles. The molecule has 3 rings (SSSR count). The minimum atomic E-state index is -0.0415. The number of rotatable bonds is 6. The summed E-state index contributed by atoms with van der Waals surface area (Å²) in [5.41, 5.74) is 3.81. The Labute approximate surface area is 151 Å². The van der Waals surface area contributed by atoms with Crippen molar-refractivity contribution < 1.29 is 4.79 Å². The second-order valence-corrected chi connectivity index (χ2v) is 6.69. The average molecular weight is 349 g/mol. The lowest BCUT2D eigenvalue weighted by atomic mass is 10.2. The SMILES string of the molecule is Cc1ccc(CC(=O)Nc2cccc(CSc3ccccn3)c2)cn1. The molecule has 0 saturated heterocycles. The molecule has 0 aliphatic heterocycles. The van der Waals surface area contributed by atoms with Crippen LogP contribution in [0.3, 0.4) is 0 Å². The number of benzene rings is 1. The van der Waals surface area contributed by atoms with E-state index in [1.165, 1.54) is 0 Å². The van der Waals surface area contributed by atoms with Crippen molar-refractivity contribution in [3.63, 3.8) is 0 Å². The quantitative estimate of drug-likeness (QED) is 0.676. The summed E-state index contributed by atoms with van der Waals surface area (Å²) in [7, 11) is 0. The van der Waals surface area contributed by atoms with Gasteiger partial charge in [-0.3, -0.25) is 9.78 Å². The molecule has 5 heteroatoms. The molecule has 2 aromatic heterocycles. The van der Waals surface area contributed by atoms with Crippen LogP contribution in [0.4, 0.5) is 5.69 Å². The van der Waals surface area contributed by atoms with E-state index in [-0.39, 0.29) is 5.91 Å². The number of carbonyl (C=O) groups is 1. The Balaban J connectivity index is 1.57. The molecule has 126 valence electrons. The molecule has 1 amide bonds. The summed E-state index contributed by atoms with van der Waals surface area (Å²) in [5.74, 6) is 0.767. The third kappa shape index (κ3) is 5.43. The standard InChI is InChI=1S/C20H19N3OS/c1-15-8-9-16(13-22-15)12-19(24)23-18-6-4-5-17(11-18)14-25-20-7-2-3-10-21-20/h2-11,13H,12,14H2,1H3,(H,23,24). The van der Waals surface area contributed by atoms with Crippen molar-refractivity contribution in [2.24, 2.45) is 0 Å². The smallest absolute Gasteiger partial charge is 0.228 e. The monoisotopic (exact) mass is 349 g/mol. The van der Waals surface area contributed by atoms with Crippen molar-refractivity contribution in [1.29, 1.82) is 0 Å². The number of nitrogens with one attached hydrogen (secondary N) is 1. The summed E-state index contributed by atoms with van der Waals surface area (Å²) in [6, 6.07) is 17.6. The van der Waals surface area contributed by atoms with Crippen LogP contribution in [0.15, 0.2) is 72.0 Å². The van der Waals surface area contributed by atoms with Gasteiger partial charge >= 0.3 is 0 Å². The van der Waals surface area contributed by atoms with Crippen LogP contribution in [0.25, 0.3) is 0 Å². The lowest BCUT2D eigenvalue weighted by molar-refractivity contribution is -0.115. The Morgan fingerprint density at radius 1 is 1.04 bits per heavy atom. The Kier molecular flexibility index (Phi) is 5.80. The van der Waals surface area contributed by atoms with Gasteiger partial charge < -0.3 is 5.32 Å². The lowest BCUT2D eigenvalue weighted by Gasteiger charge is -2.08. The summed E-state index contributed by atoms with van der Waals surface area (Å²) in [4.78, 5) is 20.7. The van der Waals surface area contributed by atoms with Gasteiger partial charge in [0.05, 0.1) is 11.4 Å². The van der Waals surface area contributed by atoms with Gasteiger partial charge in [0.15, 0.2) is 0 Å². The first-order chi connectivity index (χ1) is 12.2. The van der Waals surface area contributed by atoms with Crippen LogP contribution < -0.4 is 5.32 Å². The molecule has 3 aromatic rings. The average Bonchev–Trinajstić information content (AvgIpc) is 2.63. The fraction of sp³-hybridized carbons (Fsp3) is 0.150. The highest BCUT2D eigenvalue weighted by molar-refractivity contribution is 7.98. The number of thioether (sulfide) groups is 1. The fourth-order valence-corrected chi connectivity index (χ4v) is 3.13. The maximum atomic E-state index is 12.2. The van der Waals surface area contributed by atoms with E-state index >= 15 is 0 Å². The summed E-state index contributed by atoms with van der Waals surface area (Å²) in [6.07, 6.45) is 3.86. The third-order valence-corrected chi connectivity index (χ3v) is 4.59. The normalized spacial score (nSPS) is 10.4. The van der Waals surface area contributed by atoms with Gasteiger partial charge in [0.25, 0.3) is 0 Å². The van der Waals surface area contributed by atoms with Gasteiger partial charge in [-0.05, 0) is 48.4 Å². The minimum Gasteiger partial charge on any atom is -0.326 e. The molecular formula is C20H19N3OS. The predicted octanol–water partition coefficient (Wildman–Crippen LogP) is 4.26. The van der Waals surface area contributed by atoms with E-state index in [2.05, 4.69) is 21.4 Å². The van der Waals surface area contributed by atoms with Crippen LogP contribution in [0, 0.1) is 6.92 Å². The Hall–Kier alpha value is -2.66. The third-order valence-electron chi connectivity index (χ3n) is 3.57. The number of anilines is 1. The Morgan fingerprint density at radius 3 is 2.72 bits per heavy atom. The van der Waals surface area contributed by atoms with E-state index in [9.17, 15) is 4.79 Å². The summed E-state index contributed by atoms with van der Waals surface area (Å²) in [6.45, 7) is 1.93. The molecule has 0 radical (unpaired) electrons. The highest BCUT2D eigenvalue weighted by Gasteiger charge is 2.05. The zero-order valence-corrected chi connectivity index (χ0v) is 14.8. The van der Waals surface area contributed by atoms with Gasteiger partial charge in [-0.15, -0.1) is 11.8 Å². The zero-order valence-electron chi connectivity index (χ0n) is 14.0. The highest BCUT2D eigenvalue weighted by atomic mass is 32.2. The first kappa shape index (κ1) is 17.2. The fourth-order valence-electron chi connectivity index (χ4n) is 2.32. The van der Waals surface area contributed by atoms with Crippen LogP contribution in [0.5, 0.6) is 0 Å². The first-order valence-corrected chi connectivity index (χ1v) is 9.02. The number of amides is 1. The summed E-state index contributed by atoms with van der Waals surface area (Å²) in [5, 5.41) is 3.94. The Morgan fingerprint density at radius 2 is 1.96 bits per heavy atom. The molecule has 4 nitrogen and oxygen atoms in total. The molecule has 0 spiro atoms. The van der Waals surface area contributed by atoms with Crippen LogP contribution >= 0.6 is 11.8 Å². The van der Waals surface area contributed by atoms with Gasteiger partial charge in [0.2, 0.25) is 5.91 Å². The van der Waals surface area contributed by atoms with E-state index in [0.29, 0.717) is 6.42 Å². The van der Waals surface area contributed by atoms with Crippen LogP contribution in [0.1, 0.15) is 16.8 Å². The zero-order chi connectivity index (χ0) is 17.5.